The van der Waals surface area contributed by atoms with E-state index in [0.29, 0.717) is 25.9 Å². The van der Waals surface area contributed by atoms with Gasteiger partial charge in [-0.2, -0.15) is 0 Å². The predicted molar refractivity (Wildman–Crippen MR) is 101 cm³/mol. The van der Waals surface area contributed by atoms with Crippen molar-refractivity contribution in [3.63, 3.8) is 0 Å². The van der Waals surface area contributed by atoms with E-state index in [2.05, 4.69) is 46.8 Å². The molecular formula is C21H32N2O2. The quantitative estimate of drug-likeness (QED) is 0.844. The minimum absolute atomic E-state index is 0.00218. The third-order valence-corrected chi connectivity index (χ3v) is 4.81. The van der Waals surface area contributed by atoms with Crippen molar-refractivity contribution in [3.8, 4) is 0 Å². The maximum Gasteiger partial charge on any atom is 0.227 e. The largest absolute Gasteiger partial charge is 0.341 e. The van der Waals surface area contributed by atoms with E-state index < -0.39 is 0 Å². The van der Waals surface area contributed by atoms with Crippen molar-refractivity contribution in [1.29, 1.82) is 0 Å². The van der Waals surface area contributed by atoms with Gasteiger partial charge >= 0.3 is 0 Å². The van der Waals surface area contributed by atoms with Gasteiger partial charge in [-0.3, -0.25) is 9.59 Å². The molecule has 1 aromatic carbocycles. The van der Waals surface area contributed by atoms with Crippen molar-refractivity contribution >= 4 is 11.8 Å². The van der Waals surface area contributed by atoms with Gasteiger partial charge in [-0.25, -0.2) is 0 Å². The molecule has 1 aliphatic rings. The summed E-state index contributed by atoms with van der Waals surface area (Å²) in [6, 6.07) is 6.22. The highest BCUT2D eigenvalue weighted by atomic mass is 16.2. The van der Waals surface area contributed by atoms with Crippen LogP contribution in [0.1, 0.15) is 50.3 Å². The minimum atomic E-state index is 0.00218. The number of hydrogen-bond acceptors (Lipinski definition) is 2. The van der Waals surface area contributed by atoms with Gasteiger partial charge in [0.1, 0.15) is 0 Å². The van der Waals surface area contributed by atoms with E-state index in [-0.39, 0.29) is 17.2 Å². The zero-order chi connectivity index (χ0) is 18.6. The second kappa shape index (κ2) is 8.03. The normalized spacial score (nSPS) is 15.9. The van der Waals surface area contributed by atoms with Crippen LogP contribution in [0.2, 0.25) is 0 Å². The fourth-order valence-electron chi connectivity index (χ4n) is 3.18. The van der Waals surface area contributed by atoms with E-state index in [1.807, 2.05) is 15.9 Å². The van der Waals surface area contributed by atoms with Crippen LogP contribution in [0.4, 0.5) is 0 Å². The molecule has 0 unspecified atom stereocenters. The number of amides is 2. The second-order valence-electron chi connectivity index (χ2n) is 8.45. The molecule has 4 nitrogen and oxygen atoms in total. The maximum absolute atomic E-state index is 12.6. The molecule has 0 atom stereocenters. The van der Waals surface area contributed by atoms with E-state index in [1.165, 1.54) is 11.1 Å². The summed E-state index contributed by atoms with van der Waals surface area (Å²) in [5.74, 6) is 0.365. The zero-order valence-electron chi connectivity index (χ0n) is 16.4. The third-order valence-electron chi connectivity index (χ3n) is 4.81. The molecule has 4 heteroatoms. The van der Waals surface area contributed by atoms with Crippen molar-refractivity contribution in [3.05, 3.63) is 34.9 Å². The fraction of sp³-hybridized carbons (Fsp3) is 0.619. The predicted octanol–water partition coefficient (Wildman–Crippen LogP) is 3.34. The van der Waals surface area contributed by atoms with Crippen LogP contribution in [-0.4, -0.2) is 47.8 Å². The standard InChI is InChI=1S/C21H32N2O2/c1-16-7-8-18(13-17(16)2)14-19(24)22-9-6-10-23(12-11-22)20(25)15-21(3,4)5/h7-8,13H,6,9-12,14-15H2,1-5H3. The average Bonchev–Trinajstić information content (AvgIpc) is 2.75. The van der Waals surface area contributed by atoms with Crippen molar-refractivity contribution in [1.82, 2.24) is 9.80 Å². The van der Waals surface area contributed by atoms with Crippen LogP contribution in [0.5, 0.6) is 0 Å². The highest BCUT2D eigenvalue weighted by Crippen LogP contribution is 2.20. The Bertz CT molecular complexity index is 631. The molecule has 1 aromatic rings. The first-order chi connectivity index (χ1) is 11.7. The van der Waals surface area contributed by atoms with Crippen LogP contribution in [0.15, 0.2) is 18.2 Å². The lowest BCUT2D eigenvalue weighted by molar-refractivity contribution is -0.134. The van der Waals surface area contributed by atoms with Gasteiger partial charge in [0.2, 0.25) is 11.8 Å². The molecule has 138 valence electrons. The highest BCUT2D eigenvalue weighted by molar-refractivity contribution is 5.79. The molecule has 1 heterocycles. The number of carbonyl (C=O) groups excluding carboxylic acids is 2. The molecule has 0 saturated carbocycles. The smallest absolute Gasteiger partial charge is 0.227 e. The number of rotatable bonds is 3. The molecule has 1 fully saturated rings. The van der Waals surface area contributed by atoms with E-state index in [4.69, 9.17) is 0 Å². The molecular weight excluding hydrogens is 312 g/mol. The molecule has 0 aromatic heterocycles. The van der Waals surface area contributed by atoms with Crippen molar-refractivity contribution in [2.24, 2.45) is 5.41 Å². The lowest BCUT2D eigenvalue weighted by atomic mass is 9.91. The number of benzene rings is 1. The molecule has 0 radical (unpaired) electrons. The third kappa shape index (κ3) is 5.87. The highest BCUT2D eigenvalue weighted by Gasteiger charge is 2.25. The second-order valence-corrected chi connectivity index (χ2v) is 8.45. The lowest BCUT2D eigenvalue weighted by Gasteiger charge is -2.25. The Morgan fingerprint density at radius 3 is 2.08 bits per heavy atom. The summed E-state index contributed by atoms with van der Waals surface area (Å²) in [5.41, 5.74) is 3.54. The Balaban J connectivity index is 1.92. The van der Waals surface area contributed by atoms with Gasteiger partial charge < -0.3 is 9.80 Å². The van der Waals surface area contributed by atoms with Gasteiger partial charge in [-0.05, 0) is 42.4 Å². The SMILES string of the molecule is Cc1ccc(CC(=O)N2CCCN(C(=O)CC(C)(C)C)CC2)cc1C. The van der Waals surface area contributed by atoms with Gasteiger partial charge in [0.15, 0.2) is 0 Å². The molecule has 1 aliphatic heterocycles. The summed E-state index contributed by atoms with van der Waals surface area (Å²) in [7, 11) is 0. The first-order valence-electron chi connectivity index (χ1n) is 9.27. The number of aryl methyl sites for hydroxylation is 2. The first-order valence-corrected chi connectivity index (χ1v) is 9.27. The summed E-state index contributed by atoms with van der Waals surface area (Å²) >= 11 is 0. The van der Waals surface area contributed by atoms with Crippen LogP contribution >= 0.6 is 0 Å². The summed E-state index contributed by atoms with van der Waals surface area (Å²) in [5, 5.41) is 0. The molecule has 2 rings (SSSR count). The summed E-state index contributed by atoms with van der Waals surface area (Å²) < 4.78 is 0. The molecule has 0 spiro atoms. The van der Waals surface area contributed by atoms with Gasteiger partial charge in [-0.1, -0.05) is 39.0 Å². The van der Waals surface area contributed by atoms with Crippen LogP contribution in [0.25, 0.3) is 0 Å². The van der Waals surface area contributed by atoms with E-state index in [0.717, 1.165) is 25.1 Å². The van der Waals surface area contributed by atoms with Gasteiger partial charge in [0.25, 0.3) is 0 Å². The molecule has 0 bridgehead atoms. The molecule has 0 aliphatic carbocycles. The monoisotopic (exact) mass is 344 g/mol. The Hall–Kier alpha value is -1.84. The number of hydrogen-bond donors (Lipinski definition) is 0. The molecule has 1 saturated heterocycles. The van der Waals surface area contributed by atoms with Gasteiger partial charge in [-0.15, -0.1) is 0 Å². The van der Waals surface area contributed by atoms with E-state index in [9.17, 15) is 9.59 Å². The summed E-state index contributed by atoms with van der Waals surface area (Å²) in [6.45, 7) is 13.2. The lowest BCUT2D eigenvalue weighted by Crippen LogP contribution is -2.38. The van der Waals surface area contributed by atoms with E-state index >= 15 is 0 Å². The topological polar surface area (TPSA) is 40.6 Å². The Labute approximate surface area is 152 Å². The van der Waals surface area contributed by atoms with Gasteiger partial charge in [0.05, 0.1) is 6.42 Å². The average molecular weight is 344 g/mol. The molecule has 25 heavy (non-hydrogen) atoms. The van der Waals surface area contributed by atoms with Crippen molar-refractivity contribution < 1.29 is 9.59 Å². The number of nitrogens with zero attached hydrogens (tertiary/aromatic N) is 2. The Kier molecular flexibility index (Phi) is 6.26. The zero-order valence-corrected chi connectivity index (χ0v) is 16.4. The van der Waals surface area contributed by atoms with Crippen LogP contribution in [-0.2, 0) is 16.0 Å². The van der Waals surface area contributed by atoms with Crippen LogP contribution < -0.4 is 0 Å². The molecule has 0 N–H and O–H groups in total. The Morgan fingerprint density at radius 1 is 0.920 bits per heavy atom. The van der Waals surface area contributed by atoms with Crippen molar-refractivity contribution in [2.45, 2.75) is 53.9 Å². The Morgan fingerprint density at radius 2 is 1.52 bits per heavy atom. The summed E-state index contributed by atoms with van der Waals surface area (Å²) in [6.07, 6.45) is 1.86. The maximum atomic E-state index is 12.6. The van der Waals surface area contributed by atoms with Crippen LogP contribution in [0.3, 0.4) is 0 Å². The van der Waals surface area contributed by atoms with Crippen molar-refractivity contribution in [2.75, 3.05) is 26.2 Å². The summed E-state index contributed by atoms with van der Waals surface area (Å²) in [4.78, 5) is 28.9. The molecule has 2 amide bonds. The van der Waals surface area contributed by atoms with E-state index in [1.54, 1.807) is 0 Å². The van der Waals surface area contributed by atoms with Crippen LogP contribution in [0, 0.1) is 19.3 Å². The fourth-order valence-corrected chi connectivity index (χ4v) is 3.18. The first kappa shape index (κ1) is 19.5. The van der Waals surface area contributed by atoms with Gasteiger partial charge in [0, 0.05) is 32.6 Å². The number of carbonyl (C=O) groups is 2. The minimum Gasteiger partial charge on any atom is -0.341 e.